The number of carbonyl (C=O) groups excluding carboxylic acids is 2. The molecule has 0 aromatic heterocycles. The molecule has 0 spiro atoms. The third-order valence-corrected chi connectivity index (χ3v) is 7.87. The van der Waals surface area contributed by atoms with Crippen LogP contribution in [-0.2, 0) is 14.4 Å². The van der Waals surface area contributed by atoms with E-state index < -0.39 is 17.8 Å². The third-order valence-electron chi connectivity index (χ3n) is 7.87. The van der Waals surface area contributed by atoms with Gasteiger partial charge in [-0.15, -0.1) is 0 Å². The molecule has 5 saturated carbocycles. The van der Waals surface area contributed by atoms with Crippen molar-refractivity contribution in [3.05, 3.63) is 12.2 Å². The average molecular weight is 358 g/mol. The van der Waals surface area contributed by atoms with Crippen LogP contribution >= 0.6 is 0 Å². The number of hydrazine groups is 1. The highest BCUT2D eigenvalue weighted by molar-refractivity contribution is 5.90. The van der Waals surface area contributed by atoms with Gasteiger partial charge < -0.3 is 5.11 Å². The molecular weight excluding hydrogens is 332 g/mol. The Kier molecular flexibility index (Phi) is 3.50. The number of aliphatic carboxylic acids is 1. The van der Waals surface area contributed by atoms with Gasteiger partial charge in [-0.25, -0.2) is 0 Å². The topological polar surface area (TPSA) is 95.5 Å². The fourth-order valence-corrected chi connectivity index (χ4v) is 7.24. The van der Waals surface area contributed by atoms with Gasteiger partial charge in [-0.2, -0.15) is 0 Å². The number of hydrogen-bond acceptors (Lipinski definition) is 3. The molecule has 6 heteroatoms. The Balaban J connectivity index is 1.25. The molecular formula is C20H26N2O4. The van der Waals surface area contributed by atoms with E-state index in [1.54, 1.807) is 0 Å². The van der Waals surface area contributed by atoms with E-state index in [1.807, 2.05) is 12.2 Å². The van der Waals surface area contributed by atoms with Crippen LogP contribution in [0.3, 0.4) is 0 Å². The molecule has 0 aliphatic heterocycles. The number of carboxylic acid groups (broad SMARTS) is 1. The van der Waals surface area contributed by atoms with Crippen LogP contribution in [0.1, 0.15) is 44.9 Å². The average Bonchev–Trinajstić information content (AvgIpc) is 3.19. The molecule has 6 nitrogen and oxygen atoms in total. The first kappa shape index (κ1) is 16.3. The van der Waals surface area contributed by atoms with Crippen molar-refractivity contribution in [2.75, 3.05) is 0 Å². The van der Waals surface area contributed by atoms with Crippen LogP contribution in [0.5, 0.6) is 0 Å². The first-order valence-corrected chi connectivity index (χ1v) is 9.96. The molecule has 2 amide bonds. The van der Waals surface area contributed by atoms with Crippen molar-refractivity contribution < 1.29 is 19.5 Å². The normalized spacial score (nSPS) is 47.2. The van der Waals surface area contributed by atoms with Gasteiger partial charge in [-0.05, 0) is 74.5 Å². The lowest BCUT2D eigenvalue weighted by Crippen LogP contribution is -2.57. The van der Waals surface area contributed by atoms with Gasteiger partial charge in [-0.1, -0.05) is 12.2 Å². The highest BCUT2D eigenvalue weighted by atomic mass is 16.4. The largest absolute Gasteiger partial charge is 0.481 e. The molecule has 0 radical (unpaired) electrons. The highest BCUT2D eigenvalue weighted by Gasteiger charge is 2.55. The van der Waals surface area contributed by atoms with E-state index in [4.69, 9.17) is 0 Å². The number of hydrogen-bond donors (Lipinski definition) is 3. The molecule has 0 heterocycles. The van der Waals surface area contributed by atoms with E-state index in [0.29, 0.717) is 17.8 Å². The third kappa shape index (κ3) is 2.33. The van der Waals surface area contributed by atoms with Crippen LogP contribution in [0.4, 0.5) is 0 Å². The first-order valence-electron chi connectivity index (χ1n) is 9.96. The SMILES string of the molecule is O=C(NNC(=O)C12CC3CC(CC(C3)C1)C2)[C@@H]1[C@H](C(=O)O)[C@H]2C=C[C@H]1C2. The van der Waals surface area contributed by atoms with E-state index in [2.05, 4.69) is 10.9 Å². The van der Waals surface area contributed by atoms with Crippen molar-refractivity contribution in [2.45, 2.75) is 44.9 Å². The minimum atomic E-state index is -0.922. The van der Waals surface area contributed by atoms with Crippen molar-refractivity contribution in [1.29, 1.82) is 0 Å². The van der Waals surface area contributed by atoms with Crippen LogP contribution < -0.4 is 10.9 Å². The summed E-state index contributed by atoms with van der Waals surface area (Å²) in [5, 5.41) is 9.48. The van der Waals surface area contributed by atoms with Crippen molar-refractivity contribution in [2.24, 2.45) is 46.8 Å². The van der Waals surface area contributed by atoms with Gasteiger partial charge in [0.05, 0.1) is 17.3 Å². The molecule has 0 saturated heterocycles. The van der Waals surface area contributed by atoms with E-state index in [9.17, 15) is 19.5 Å². The number of rotatable bonds is 3. The first-order chi connectivity index (χ1) is 12.4. The molecule has 0 aromatic rings. The summed E-state index contributed by atoms with van der Waals surface area (Å²) in [6.45, 7) is 0. The molecule has 3 N–H and O–H groups in total. The minimum absolute atomic E-state index is 0.0300. The van der Waals surface area contributed by atoms with Crippen LogP contribution in [-0.4, -0.2) is 22.9 Å². The molecule has 4 atom stereocenters. The second kappa shape index (κ2) is 5.57. The Hall–Kier alpha value is -1.85. The number of allylic oxidation sites excluding steroid dienone is 2. The van der Waals surface area contributed by atoms with Crippen molar-refractivity contribution in [3.63, 3.8) is 0 Å². The summed E-state index contributed by atoms with van der Waals surface area (Å²) in [5.41, 5.74) is 4.95. The zero-order valence-electron chi connectivity index (χ0n) is 14.8. The fourth-order valence-electron chi connectivity index (χ4n) is 7.24. The maximum absolute atomic E-state index is 12.9. The fraction of sp³-hybridized carbons (Fsp3) is 0.750. The van der Waals surface area contributed by atoms with E-state index in [-0.39, 0.29) is 29.1 Å². The van der Waals surface area contributed by atoms with E-state index >= 15 is 0 Å². The summed E-state index contributed by atoms with van der Waals surface area (Å²) in [7, 11) is 0. The van der Waals surface area contributed by atoms with Crippen LogP contribution in [0.15, 0.2) is 12.2 Å². The summed E-state index contributed by atoms with van der Waals surface area (Å²) in [5.74, 6) is -0.707. The quantitative estimate of drug-likeness (QED) is 0.530. The lowest BCUT2D eigenvalue weighted by atomic mass is 9.49. The number of fused-ring (bicyclic) bond motifs is 2. The lowest BCUT2D eigenvalue weighted by molar-refractivity contribution is -0.151. The number of carbonyl (C=O) groups is 3. The molecule has 6 bridgehead atoms. The standard InChI is InChI=1S/C20H26N2O4/c23-17(15-13-1-2-14(6-13)16(15)18(24)25)21-22-19(26)20-7-10-3-11(8-20)5-12(4-10)9-20/h1-2,10-16H,3-9H2,(H,21,23)(H,22,26)(H,24,25)/t10?,11?,12?,13-,14-,15-,16+,20?/m0/s1. The summed E-state index contributed by atoms with van der Waals surface area (Å²) in [6, 6.07) is 0. The number of carboxylic acids is 1. The summed E-state index contributed by atoms with van der Waals surface area (Å²) >= 11 is 0. The number of amides is 2. The van der Waals surface area contributed by atoms with Gasteiger partial charge in [0.2, 0.25) is 11.8 Å². The van der Waals surface area contributed by atoms with Crippen LogP contribution in [0.2, 0.25) is 0 Å². The highest BCUT2D eigenvalue weighted by Crippen LogP contribution is 2.60. The molecule has 140 valence electrons. The summed E-state index contributed by atoms with van der Waals surface area (Å²) < 4.78 is 0. The zero-order chi connectivity index (χ0) is 18.1. The molecule has 5 fully saturated rings. The van der Waals surface area contributed by atoms with Gasteiger partial charge in [0.25, 0.3) is 0 Å². The number of nitrogens with one attached hydrogen (secondary N) is 2. The van der Waals surface area contributed by atoms with Gasteiger partial charge >= 0.3 is 5.97 Å². The predicted molar refractivity (Wildman–Crippen MR) is 92.2 cm³/mol. The molecule has 6 rings (SSSR count). The maximum atomic E-state index is 12.9. The molecule has 6 aliphatic carbocycles. The minimum Gasteiger partial charge on any atom is -0.481 e. The molecule has 0 aromatic carbocycles. The zero-order valence-corrected chi connectivity index (χ0v) is 14.8. The smallest absolute Gasteiger partial charge is 0.307 e. The van der Waals surface area contributed by atoms with Crippen molar-refractivity contribution in [1.82, 2.24) is 10.9 Å². The Morgan fingerprint density at radius 1 is 0.808 bits per heavy atom. The van der Waals surface area contributed by atoms with Crippen LogP contribution in [0.25, 0.3) is 0 Å². The Morgan fingerprint density at radius 3 is 1.88 bits per heavy atom. The van der Waals surface area contributed by atoms with Crippen molar-refractivity contribution in [3.8, 4) is 0 Å². The second-order valence-corrected chi connectivity index (χ2v) is 9.48. The predicted octanol–water partition coefficient (Wildman–Crippen LogP) is 1.87. The molecule has 6 aliphatic rings. The summed E-state index contributed by atoms with van der Waals surface area (Å²) in [4.78, 5) is 37.2. The van der Waals surface area contributed by atoms with E-state index in [0.717, 1.165) is 25.7 Å². The van der Waals surface area contributed by atoms with Gasteiger partial charge in [0.15, 0.2) is 0 Å². The maximum Gasteiger partial charge on any atom is 0.307 e. The van der Waals surface area contributed by atoms with E-state index in [1.165, 1.54) is 19.3 Å². The summed E-state index contributed by atoms with van der Waals surface area (Å²) in [6.07, 6.45) is 11.2. The van der Waals surface area contributed by atoms with Gasteiger partial charge in [0.1, 0.15) is 0 Å². The molecule has 0 unspecified atom stereocenters. The second-order valence-electron chi connectivity index (χ2n) is 9.48. The van der Waals surface area contributed by atoms with Crippen LogP contribution in [0, 0.1) is 46.8 Å². The lowest BCUT2D eigenvalue weighted by Gasteiger charge is -2.55. The Bertz CT molecular complexity index is 665. The molecule has 26 heavy (non-hydrogen) atoms. The Morgan fingerprint density at radius 2 is 1.35 bits per heavy atom. The Labute approximate surface area is 152 Å². The van der Waals surface area contributed by atoms with Gasteiger partial charge in [-0.3, -0.25) is 25.2 Å². The van der Waals surface area contributed by atoms with Crippen molar-refractivity contribution >= 4 is 17.8 Å². The monoisotopic (exact) mass is 358 g/mol. The van der Waals surface area contributed by atoms with Gasteiger partial charge in [0, 0.05) is 0 Å².